The number of anilines is 2. The van der Waals surface area contributed by atoms with E-state index < -0.39 is 0 Å². The summed E-state index contributed by atoms with van der Waals surface area (Å²) in [5, 5.41) is 10.1. The van der Waals surface area contributed by atoms with Gasteiger partial charge in [-0.05, 0) is 31.0 Å². The number of rotatable bonds is 5. The summed E-state index contributed by atoms with van der Waals surface area (Å²) in [5.41, 5.74) is 2.07. The third kappa shape index (κ3) is 4.56. The lowest BCUT2D eigenvalue weighted by atomic mass is 10.2. The van der Waals surface area contributed by atoms with Gasteiger partial charge in [0.15, 0.2) is 5.13 Å². The Kier molecular flexibility index (Phi) is 5.48. The predicted molar refractivity (Wildman–Crippen MR) is 88.6 cm³/mol. The van der Waals surface area contributed by atoms with Gasteiger partial charge in [0.1, 0.15) is 5.69 Å². The fourth-order valence-electron chi connectivity index (χ4n) is 1.75. The first kappa shape index (κ1) is 16.0. The lowest BCUT2D eigenvalue weighted by Crippen LogP contribution is -2.24. The Labute approximate surface area is 133 Å². The van der Waals surface area contributed by atoms with Crippen molar-refractivity contribution in [1.29, 1.82) is 0 Å². The zero-order valence-electron chi connectivity index (χ0n) is 12.5. The summed E-state index contributed by atoms with van der Waals surface area (Å²) in [6.07, 6.45) is 0.861. The van der Waals surface area contributed by atoms with E-state index in [4.69, 9.17) is 0 Å². The lowest BCUT2D eigenvalue weighted by molar-refractivity contribution is 0.0949. The van der Waals surface area contributed by atoms with Crippen molar-refractivity contribution < 1.29 is 9.59 Å². The Balaban J connectivity index is 1.92. The van der Waals surface area contributed by atoms with Crippen LogP contribution in [-0.4, -0.2) is 23.5 Å². The van der Waals surface area contributed by atoms with Crippen molar-refractivity contribution in [2.24, 2.45) is 0 Å². The molecule has 0 aliphatic carbocycles. The summed E-state index contributed by atoms with van der Waals surface area (Å²) >= 11 is 1.21. The third-order valence-electron chi connectivity index (χ3n) is 2.77. The Hall–Kier alpha value is -2.41. The highest BCUT2D eigenvalue weighted by atomic mass is 32.1. The number of urea groups is 1. The largest absolute Gasteiger partial charge is 0.351 e. The van der Waals surface area contributed by atoms with Crippen LogP contribution in [0.15, 0.2) is 29.6 Å². The molecule has 2 aromatic rings. The number of aromatic nitrogens is 1. The van der Waals surface area contributed by atoms with Gasteiger partial charge in [0.2, 0.25) is 0 Å². The topological polar surface area (TPSA) is 83.1 Å². The molecule has 0 saturated carbocycles. The van der Waals surface area contributed by atoms with Gasteiger partial charge in [0.25, 0.3) is 5.91 Å². The van der Waals surface area contributed by atoms with Crippen LogP contribution >= 0.6 is 11.3 Å². The number of carbonyl (C=O) groups excluding carboxylic acids is 2. The Bertz CT molecular complexity index is 669. The van der Waals surface area contributed by atoms with Gasteiger partial charge in [-0.3, -0.25) is 10.1 Å². The summed E-state index contributed by atoms with van der Waals surface area (Å²) in [6, 6.07) is 7.10. The molecular formula is C15H18N4O2S. The van der Waals surface area contributed by atoms with E-state index in [2.05, 4.69) is 20.9 Å². The van der Waals surface area contributed by atoms with E-state index in [0.29, 0.717) is 23.1 Å². The van der Waals surface area contributed by atoms with Gasteiger partial charge in [-0.25, -0.2) is 9.78 Å². The number of nitrogens with one attached hydrogen (secondary N) is 3. The molecule has 1 heterocycles. The lowest BCUT2D eigenvalue weighted by Gasteiger charge is -2.05. The molecule has 0 fully saturated rings. The van der Waals surface area contributed by atoms with E-state index in [0.717, 1.165) is 12.0 Å². The maximum absolute atomic E-state index is 11.9. The van der Waals surface area contributed by atoms with Gasteiger partial charge in [-0.1, -0.05) is 19.1 Å². The number of carbonyl (C=O) groups is 2. The summed E-state index contributed by atoms with van der Waals surface area (Å²) in [4.78, 5) is 27.7. The van der Waals surface area contributed by atoms with Crippen molar-refractivity contribution in [3.05, 3.63) is 40.9 Å². The third-order valence-corrected chi connectivity index (χ3v) is 3.53. The van der Waals surface area contributed by atoms with E-state index >= 15 is 0 Å². The predicted octanol–water partition coefficient (Wildman–Crippen LogP) is 3.24. The second-order valence-corrected chi connectivity index (χ2v) is 5.60. The minimum absolute atomic E-state index is 0.231. The van der Waals surface area contributed by atoms with Crippen molar-refractivity contribution in [2.75, 3.05) is 17.2 Å². The SMILES string of the molecule is CCCNC(=O)c1csc(NC(=O)Nc2cccc(C)c2)n1. The summed E-state index contributed by atoms with van der Waals surface area (Å²) < 4.78 is 0. The molecule has 0 bridgehead atoms. The van der Waals surface area contributed by atoms with Gasteiger partial charge in [0, 0.05) is 17.6 Å². The average Bonchev–Trinajstić information content (AvgIpc) is 2.93. The second-order valence-electron chi connectivity index (χ2n) is 4.74. The van der Waals surface area contributed by atoms with E-state index in [9.17, 15) is 9.59 Å². The molecule has 22 heavy (non-hydrogen) atoms. The maximum Gasteiger partial charge on any atom is 0.325 e. The van der Waals surface area contributed by atoms with Crippen molar-refractivity contribution >= 4 is 34.1 Å². The first-order chi connectivity index (χ1) is 10.6. The number of benzene rings is 1. The van der Waals surface area contributed by atoms with Crippen LogP contribution in [0.1, 0.15) is 29.4 Å². The van der Waals surface area contributed by atoms with Gasteiger partial charge < -0.3 is 10.6 Å². The van der Waals surface area contributed by atoms with E-state index in [1.165, 1.54) is 11.3 Å². The molecule has 0 atom stereocenters. The molecule has 0 aliphatic rings. The standard InChI is InChI=1S/C15H18N4O2S/c1-3-7-16-13(20)12-9-22-15(18-12)19-14(21)17-11-6-4-5-10(2)8-11/h4-6,8-9H,3,7H2,1-2H3,(H,16,20)(H2,17,18,19,21). The summed E-state index contributed by atoms with van der Waals surface area (Å²) in [6.45, 7) is 4.53. The van der Waals surface area contributed by atoms with E-state index in [1.54, 1.807) is 11.4 Å². The monoisotopic (exact) mass is 318 g/mol. The van der Waals surface area contributed by atoms with Crippen LogP contribution in [0.25, 0.3) is 0 Å². The molecule has 3 amide bonds. The molecule has 7 heteroatoms. The van der Waals surface area contributed by atoms with Crippen molar-refractivity contribution in [3.8, 4) is 0 Å². The first-order valence-electron chi connectivity index (χ1n) is 6.97. The van der Waals surface area contributed by atoms with Crippen LogP contribution in [0.3, 0.4) is 0 Å². The molecule has 116 valence electrons. The molecule has 6 nitrogen and oxygen atoms in total. The first-order valence-corrected chi connectivity index (χ1v) is 7.85. The quantitative estimate of drug-likeness (QED) is 0.791. The molecule has 0 spiro atoms. The Morgan fingerprint density at radius 2 is 2.09 bits per heavy atom. The fourth-order valence-corrected chi connectivity index (χ4v) is 2.43. The molecule has 0 unspecified atom stereocenters. The number of thiazole rings is 1. The Morgan fingerprint density at radius 3 is 2.82 bits per heavy atom. The molecule has 0 aliphatic heterocycles. The molecule has 0 saturated heterocycles. The highest BCUT2D eigenvalue weighted by Gasteiger charge is 2.11. The normalized spacial score (nSPS) is 10.1. The van der Waals surface area contributed by atoms with E-state index in [-0.39, 0.29) is 11.9 Å². The number of hydrogen-bond acceptors (Lipinski definition) is 4. The van der Waals surface area contributed by atoms with Crippen molar-refractivity contribution in [1.82, 2.24) is 10.3 Å². The average molecular weight is 318 g/mol. The highest BCUT2D eigenvalue weighted by Crippen LogP contribution is 2.16. The molecule has 2 rings (SSSR count). The number of aryl methyl sites for hydroxylation is 1. The molecule has 1 aromatic heterocycles. The summed E-state index contributed by atoms with van der Waals surface area (Å²) in [5.74, 6) is -0.231. The Morgan fingerprint density at radius 1 is 1.27 bits per heavy atom. The van der Waals surface area contributed by atoms with Crippen molar-refractivity contribution in [3.63, 3.8) is 0 Å². The van der Waals surface area contributed by atoms with Crippen LogP contribution < -0.4 is 16.0 Å². The summed E-state index contributed by atoms with van der Waals surface area (Å²) in [7, 11) is 0. The minimum atomic E-state index is -0.388. The minimum Gasteiger partial charge on any atom is -0.351 e. The maximum atomic E-state index is 11.9. The van der Waals surface area contributed by atoms with Crippen LogP contribution in [0, 0.1) is 6.92 Å². The molecule has 3 N–H and O–H groups in total. The van der Waals surface area contributed by atoms with Gasteiger partial charge in [-0.15, -0.1) is 11.3 Å². The second kappa shape index (κ2) is 7.56. The number of nitrogens with zero attached hydrogens (tertiary/aromatic N) is 1. The van der Waals surface area contributed by atoms with Gasteiger partial charge in [-0.2, -0.15) is 0 Å². The van der Waals surface area contributed by atoms with Crippen molar-refractivity contribution in [2.45, 2.75) is 20.3 Å². The van der Waals surface area contributed by atoms with Crippen LogP contribution in [-0.2, 0) is 0 Å². The zero-order valence-corrected chi connectivity index (χ0v) is 13.3. The smallest absolute Gasteiger partial charge is 0.325 e. The molecular weight excluding hydrogens is 300 g/mol. The zero-order chi connectivity index (χ0) is 15.9. The highest BCUT2D eigenvalue weighted by molar-refractivity contribution is 7.14. The number of hydrogen-bond donors (Lipinski definition) is 3. The molecule has 0 radical (unpaired) electrons. The van der Waals surface area contributed by atoms with E-state index in [1.807, 2.05) is 32.0 Å². The van der Waals surface area contributed by atoms with Crippen LogP contribution in [0.4, 0.5) is 15.6 Å². The fraction of sp³-hybridized carbons (Fsp3) is 0.267. The van der Waals surface area contributed by atoms with Gasteiger partial charge >= 0.3 is 6.03 Å². The number of amides is 3. The van der Waals surface area contributed by atoms with Crippen LogP contribution in [0.5, 0.6) is 0 Å². The van der Waals surface area contributed by atoms with Crippen LogP contribution in [0.2, 0.25) is 0 Å². The van der Waals surface area contributed by atoms with Gasteiger partial charge in [0.05, 0.1) is 0 Å². The molecule has 1 aromatic carbocycles.